The first kappa shape index (κ1) is 13.7. The van der Waals surface area contributed by atoms with Crippen molar-refractivity contribution in [3.05, 3.63) is 21.9 Å². The highest BCUT2D eigenvalue weighted by Crippen LogP contribution is 2.16. The number of aryl methyl sites for hydroxylation is 1. The number of carbonyl (C=O) groups excluding carboxylic acids is 1. The molecule has 0 aliphatic carbocycles. The summed E-state index contributed by atoms with van der Waals surface area (Å²) in [5, 5.41) is 2.87. The predicted octanol–water partition coefficient (Wildman–Crippen LogP) is 2.45. The first-order chi connectivity index (χ1) is 7.67. The second-order valence-electron chi connectivity index (χ2n) is 3.38. The molecule has 0 aliphatic rings. The first-order valence-corrected chi connectivity index (χ1v) is 6.90. The molecule has 0 aromatic carbocycles. The maximum atomic E-state index is 11.7. The molecular weight excluding hydrogens is 290 g/mol. The minimum Gasteiger partial charge on any atom is -0.383 e. The Hall–Kier alpha value is -0.390. The van der Waals surface area contributed by atoms with Crippen LogP contribution in [-0.2, 0) is 11.2 Å². The van der Waals surface area contributed by atoms with E-state index in [1.54, 1.807) is 18.4 Å². The maximum Gasteiger partial charge on any atom is 0.261 e. The Morgan fingerprint density at radius 1 is 1.62 bits per heavy atom. The molecule has 0 saturated heterocycles. The van der Waals surface area contributed by atoms with Crippen molar-refractivity contribution in [3.8, 4) is 0 Å². The highest BCUT2D eigenvalue weighted by molar-refractivity contribution is 9.09. The lowest BCUT2D eigenvalue weighted by Crippen LogP contribution is -2.30. The van der Waals surface area contributed by atoms with Gasteiger partial charge in [0.05, 0.1) is 16.3 Å². The number of nitrogens with one attached hydrogen (secondary N) is 1. The van der Waals surface area contributed by atoms with E-state index in [2.05, 4.69) is 28.2 Å². The van der Waals surface area contributed by atoms with E-state index in [4.69, 9.17) is 4.74 Å². The predicted molar refractivity (Wildman–Crippen MR) is 70.6 cm³/mol. The molecule has 1 N–H and O–H groups in total. The van der Waals surface area contributed by atoms with Crippen molar-refractivity contribution >= 4 is 33.2 Å². The van der Waals surface area contributed by atoms with Crippen LogP contribution in [0.5, 0.6) is 0 Å². The van der Waals surface area contributed by atoms with Gasteiger partial charge < -0.3 is 10.1 Å². The SMILES string of the molecule is CCc1ccc(C(=O)NCC(Br)COC)s1. The molecule has 1 aromatic rings. The van der Waals surface area contributed by atoms with Crippen LogP contribution in [0.25, 0.3) is 0 Å². The van der Waals surface area contributed by atoms with Crippen LogP contribution in [-0.4, -0.2) is 31.0 Å². The van der Waals surface area contributed by atoms with Gasteiger partial charge in [0.1, 0.15) is 0 Å². The molecule has 0 spiro atoms. The summed E-state index contributed by atoms with van der Waals surface area (Å²) >= 11 is 4.97. The second kappa shape index (κ2) is 7.04. The molecule has 1 heterocycles. The van der Waals surface area contributed by atoms with Gasteiger partial charge in [-0.05, 0) is 18.6 Å². The maximum absolute atomic E-state index is 11.7. The van der Waals surface area contributed by atoms with Gasteiger partial charge >= 0.3 is 0 Å². The largest absolute Gasteiger partial charge is 0.383 e. The fraction of sp³-hybridized carbons (Fsp3) is 0.545. The fourth-order valence-electron chi connectivity index (χ4n) is 1.22. The van der Waals surface area contributed by atoms with E-state index in [1.165, 1.54) is 4.88 Å². The molecule has 0 fully saturated rings. The normalized spacial score (nSPS) is 12.4. The third-order valence-corrected chi connectivity index (χ3v) is 3.88. The van der Waals surface area contributed by atoms with Gasteiger partial charge in [-0.15, -0.1) is 11.3 Å². The molecule has 0 bridgehead atoms. The van der Waals surface area contributed by atoms with Crippen molar-refractivity contribution in [1.82, 2.24) is 5.32 Å². The first-order valence-electron chi connectivity index (χ1n) is 5.17. The summed E-state index contributed by atoms with van der Waals surface area (Å²) in [6, 6.07) is 3.87. The van der Waals surface area contributed by atoms with Crippen molar-refractivity contribution in [2.75, 3.05) is 20.3 Å². The van der Waals surface area contributed by atoms with Crippen LogP contribution in [0.4, 0.5) is 0 Å². The Labute approximate surface area is 108 Å². The summed E-state index contributed by atoms with van der Waals surface area (Å²) in [4.78, 5) is 13.9. The molecule has 0 aliphatic heterocycles. The molecule has 1 rings (SSSR count). The van der Waals surface area contributed by atoms with Crippen LogP contribution >= 0.6 is 27.3 Å². The van der Waals surface area contributed by atoms with Crippen molar-refractivity contribution in [2.45, 2.75) is 18.2 Å². The Kier molecular flexibility index (Phi) is 6.01. The number of ether oxygens (including phenoxy) is 1. The number of halogens is 1. The third kappa shape index (κ3) is 4.23. The number of rotatable bonds is 6. The van der Waals surface area contributed by atoms with Gasteiger partial charge in [0.15, 0.2) is 0 Å². The smallest absolute Gasteiger partial charge is 0.261 e. The summed E-state index contributed by atoms with van der Waals surface area (Å²) in [7, 11) is 1.64. The van der Waals surface area contributed by atoms with E-state index in [0.29, 0.717) is 13.2 Å². The fourth-order valence-corrected chi connectivity index (χ4v) is 2.51. The lowest BCUT2D eigenvalue weighted by atomic mass is 10.3. The zero-order valence-corrected chi connectivity index (χ0v) is 11.9. The topological polar surface area (TPSA) is 38.3 Å². The third-order valence-electron chi connectivity index (χ3n) is 2.07. The molecule has 1 atom stereocenters. The van der Waals surface area contributed by atoms with Gasteiger partial charge in [-0.2, -0.15) is 0 Å². The molecule has 90 valence electrons. The van der Waals surface area contributed by atoms with E-state index >= 15 is 0 Å². The number of hydrogen-bond donors (Lipinski definition) is 1. The minimum absolute atomic E-state index is 0.00902. The number of amides is 1. The van der Waals surface area contributed by atoms with Crippen molar-refractivity contribution < 1.29 is 9.53 Å². The van der Waals surface area contributed by atoms with E-state index in [9.17, 15) is 4.79 Å². The number of alkyl halides is 1. The van der Waals surface area contributed by atoms with Crippen LogP contribution in [0, 0.1) is 0 Å². The Morgan fingerprint density at radius 3 is 2.94 bits per heavy atom. The molecule has 1 amide bonds. The van der Waals surface area contributed by atoms with E-state index in [-0.39, 0.29) is 10.7 Å². The van der Waals surface area contributed by atoms with E-state index in [0.717, 1.165) is 11.3 Å². The standard InChI is InChI=1S/C11H16BrNO2S/c1-3-9-4-5-10(16-9)11(14)13-6-8(12)7-15-2/h4-5,8H,3,6-7H2,1-2H3,(H,13,14). The number of carbonyl (C=O) groups is 1. The van der Waals surface area contributed by atoms with Crippen LogP contribution < -0.4 is 5.32 Å². The monoisotopic (exact) mass is 305 g/mol. The van der Waals surface area contributed by atoms with E-state index < -0.39 is 0 Å². The Bertz CT molecular complexity index is 340. The van der Waals surface area contributed by atoms with Gasteiger partial charge in [-0.1, -0.05) is 22.9 Å². The zero-order chi connectivity index (χ0) is 12.0. The highest BCUT2D eigenvalue weighted by atomic mass is 79.9. The summed E-state index contributed by atoms with van der Waals surface area (Å²) in [6.45, 7) is 3.25. The lowest BCUT2D eigenvalue weighted by Gasteiger charge is -2.09. The summed E-state index contributed by atoms with van der Waals surface area (Å²) in [5.74, 6) is -0.00902. The van der Waals surface area contributed by atoms with Gasteiger partial charge in [-0.3, -0.25) is 4.79 Å². The van der Waals surface area contributed by atoms with Gasteiger partial charge in [-0.25, -0.2) is 0 Å². The zero-order valence-electron chi connectivity index (χ0n) is 9.46. The Morgan fingerprint density at radius 2 is 2.38 bits per heavy atom. The van der Waals surface area contributed by atoms with Crippen LogP contribution in [0.1, 0.15) is 21.5 Å². The number of methoxy groups -OCH3 is 1. The second-order valence-corrected chi connectivity index (χ2v) is 5.85. The molecule has 16 heavy (non-hydrogen) atoms. The molecule has 0 radical (unpaired) electrons. The van der Waals surface area contributed by atoms with Gasteiger partial charge in [0.2, 0.25) is 0 Å². The van der Waals surface area contributed by atoms with Crippen molar-refractivity contribution in [2.24, 2.45) is 0 Å². The summed E-state index contributed by atoms with van der Waals surface area (Å²) < 4.78 is 4.97. The molecule has 0 saturated carbocycles. The summed E-state index contributed by atoms with van der Waals surface area (Å²) in [5.41, 5.74) is 0. The minimum atomic E-state index is -0.00902. The molecule has 1 aromatic heterocycles. The highest BCUT2D eigenvalue weighted by Gasteiger charge is 2.10. The summed E-state index contributed by atoms with van der Waals surface area (Å²) in [6.07, 6.45) is 0.975. The average Bonchev–Trinajstić information content (AvgIpc) is 2.75. The van der Waals surface area contributed by atoms with Crippen molar-refractivity contribution in [1.29, 1.82) is 0 Å². The van der Waals surface area contributed by atoms with Gasteiger partial charge in [0, 0.05) is 18.5 Å². The number of thiophene rings is 1. The van der Waals surface area contributed by atoms with Crippen molar-refractivity contribution in [3.63, 3.8) is 0 Å². The molecule has 5 heteroatoms. The molecule has 3 nitrogen and oxygen atoms in total. The van der Waals surface area contributed by atoms with E-state index in [1.807, 2.05) is 12.1 Å². The molecule has 1 unspecified atom stereocenters. The quantitative estimate of drug-likeness (QED) is 0.820. The van der Waals surface area contributed by atoms with Crippen LogP contribution in [0.2, 0.25) is 0 Å². The average molecular weight is 306 g/mol. The number of hydrogen-bond acceptors (Lipinski definition) is 3. The van der Waals surface area contributed by atoms with Crippen LogP contribution in [0.3, 0.4) is 0 Å². The lowest BCUT2D eigenvalue weighted by molar-refractivity contribution is 0.0954. The van der Waals surface area contributed by atoms with Crippen LogP contribution in [0.15, 0.2) is 12.1 Å². The Balaban J connectivity index is 2.40. The van der Waals surface area contributed by atoms with Gasteiger partial charge in [0.25, 0.3) is 5.91 Å². The molecular formula is C11H16BrNO2S.